The van der Waals surface area contributed by atoms with E-state index in [-0.39, 0.29) is 17.0 Å². The molecule has 160 valence electrons. The third-order valence-corrected chi connectivity index (χ3v) is 5.32. The van der Waals surface area contributed by atoms with Gasteiger partial charge in [-0.25, -0.2) is 9.78 Å². The van der Waals surface area contributed by atoms with Crippen LogP contribution in [0, 0.1) is 0 Å². The monoisotopic (exact) mass is 418 g/mol. The number of hydrogen-bond donors (Lipinski definition) is 1. The summed E-state index contributed by atoms with van der Waals surface area (Å²) in [5, 5.41) is 9.71. The van der Waals surface area contributed by atoms with Gasteiger partial charge in [-0.15, -0.1) is 0 Å². The zero-order valence-corrected chi connectivity index (χ0v) is 17.8. The van der Waals surface area contributed by atoms with E-state index in [4.69, 9.17) is 4.98 Å². The van der Waals surface area contributed by atoms with Crippen molar-refractivity contribution in [3.05, 3.63) is 81.0 Å². The number of rotatable bonds is 7. The minimum absolute atomic E-state index is 0.155. The second-order valence-electron chi connectivity index (χ2n) is 7.62. The van der Waals surface area contributed by atoms with Gasteiger partial charge in [0.2, 0.25) is 0 Å². The van der Waals surface area contributed by atoms with Gasteiger partial charge in [-0.3, -0.25) is 13.9 Å². The Morgan fingerprint density at radius 1 is 0.839 bits per heavy atom. The maximum atomic E-state index is 13.5. The molecule has 0 aliphatic carbocycles. The predicted octanol–water partition coefficient (Wildman–Crippen LogP) is 3.60. The maximum absolute atomic E-state index is 13.5. The van der Waals surface area contributed by atoms with Gasteiger partial charge in [0, 0.05) is 25.2 Å². The highest BCUT2D eigenvalue weighted by molar-refractivity contribution is 5.77. The van der Waals surface area contributed by atoms with Gasteiger partial charge in [0.15, 0.2) is 11.2 Å². The fourth-order valence-corrected chi connectivity index (χ4v) is 3.89. The van der Waals surface area contributed by atoms with E-state index in [0.717, 1.165) is 17.5 Å². The highest BCUT2D eigenvalue weighted by atomic mass is 16.3. The first kappa shape index (κ1) is 20.7. The van der Waals surface area contributed by atoms with Crippen LogP contribution in [0.15, 0.2) is 64.2 Å². The highest BCUT2D eigenvalue weighted by Crippen LogP contribution is 2.25. The van der Waals surface area contributed by atoms with Crippen LogP contribution in [0.4, 0.5) is 0 Å². The first-order valence-electron chi connectivity index (χ1n) is 10.6. The lowest BCUT2D eigenvalue weighted by Crippen LogP contribution is -2.40. The molecule has 2 heterocycles. The van der Waals surface area contributed by atoms with E-state index in [0.29, 0.717) is 43.0 Å². The molecule has 2 aromatic carbocycles. The summed E-state index contributed by atoms with van der Waals surface area (Å²) < 4.78 is 4.82. The number of fused-ring (bicyclic) bond motifs is 1. The summed E-state index contributed by atoms with van der Waals surface area (Å²) in [6.45, 7) is 5.23. The standard InChI is InChI=1S/C24H26N4O3/c1-3-14-26-22-20(23(30)27(15-4-2)24(26)31)28(16-17-8-6-5-7-9-17)21(25-22)18-10-12-19(29)13-11-18/h5-13,29H,3-4,14-16H2,1-2H3. The second-order valence-corrected chi connectivity index (χ2v) is 7.62. The Bertz CT molecular complexity index is 1320. The van der Waals surface area contributed by atoms with E-state index in [2.05, 4.69) is 0 Å². The average Bonchev–Trinajstić information content (AvgIpc) is 3.14. The number of aryl methyl sites for hydroxylation is 1. The van der Waals surface area contributed by atoms with Crippen LogP contribution < -0.4 is 11.2 Å². The van der Waals surface area contributed by atoms with Gasteiger partial charge in [0.25, 0.3) is 5.56 Å². The van der Waals surface area contributed by atoms with Crippen LogP contribution in [-0.4, -0.2) is 23.8 Å². The third-order valence-electron chi connectivity index (χ3n) is 5.32. The number of imidazole rings is 1. The number of phenols is 1. The lowest BCUT2D eigenvalue weighted by molar-refractivity contribution is 0.475. The molecule has 0 amide bonds. The Morgan fingerprint density at radius 3 is 2.13 bits per heavy atom. The van der Waals surface area contributed by atoms with E-state index in [9.17, 15) is 14.7 Å². The third kappa shape index (κ3) is 3.79. The smallest absolute Gasteiger partial charge is 0.332 e. The molecule has 0 bridgehead atoms. The lowest BCUT2D eigenvalue weighted by atomic mass is 10.2. The zero-order chi connectivity index (χ0) is 22.0. The molecule has 0 atom stereocenters. The minimum atomic E-state index is -0.317. The van der Waals surface area contributed by atoms with Gasteiger partial charge in [-0.2, -0.15) is 0 Å². The van der Waals surface area contributed by atoms with Crippen molar-refractivity contribution in [3.63, 3.8) is 0 Å². The number of hydrogen-bond acceptors (Lipinski definition) is 4. The molecule has 0 saturated heterocycles. The van der Waals surface area contributed by atoms with Crippen molar-refractivity contribution >= 4 is 11.2 Å². The van der Waals surface area contributed by atoms with Crippen molar-refractivity contribution in [2.45, 2.75) is 46.3 Å². The molecule has 4 rings (SSSR count). The number of aromatic nitrogens is 4. The number of phenolic OH excluding ortho intramolecular Hbond substituents is 1. The summed E-state index contributed by atoms with van der Waals surface area (Å²) in [6.07, 6.45) is 1.43. The van der Waals surface area contributed by atoms with Gasteiger partial charge in [-0.05, 0) is 42.7 Å². The van der Waals surface area contributed by atoms with E-state index in [1.54, 1.807) is 28.8 Å². The van der Waals surface area contributed by atoms with E-state index >= 15 is 0 Å². The minimum Gasteiger partial charge on any atom is -0.508 e. The van der Waals surface area contributed by atoms with Crippen LogP contribution in [0.1, 0.15) is 32.3 Å². The van der Waals surface area contributed by atoms with Crippen molar-refractivity contribution in [3.8, 4) is 17.1 Å². The van der Waals surface area contributed by atoms with Crippen molar-refractivity contribution in [2.75, 3.05) is 0 Å². The summed E-state index contributed by atoms with van der Waals surface area (Å²) in [4.78, 5) is 31.3. The predicted molar refractivity (Wildman–Crippen MR) is 121 cm³/mol. The molecule has 7 heteroatoms. The fraction of sp³-hybridized carbons (Fsp3) is 0.292. The Morgan fingerprint density at radius 2 is 1.48 bits per heavy atom. The molecular weight excluding hydrogens is 392 g/mol. The molecule has 0 spiro atoms. The molecule has 0 saturated carbocycles. The molecular formula is C24H26N4O3. The molecule has 7 nitrogen and oxygen atoms in total. The quantitative estimate of drug-likeness (QED) is 0.497. The fourth-order valence-electron chi connectivity index (χ4n) is 3.89. The van der Waals surface area contributed by atoms with Crippen molar-refractivity contribution < 1.29 is 5.11 Å². The Kier molecular flexibility index (Phi) is 5.75. The molecule has 1 N–H and O–H groups in total. The number of nitrogens with zero attached hydrogens (tertiary/aromatic N) is 4. The average molecular weight is 418 g/mol. The highest BCUT2D eigenvalue weighted by Gasteiger charge is 2.22. The molecule has 2 aromatic heterocycles. The molecule has 31 heavy (non-hydrogen) atoms. The van der Waals surface area contributed by atoms with Gasteiger partial charge in [-0.1, -0.05) is 44.2 Å². The Balaban J connectivity index is 2.08. The summed E-state index contributed by atoms with van der Waals surface area (Å²) >= 11 is 0. The summed E-state index contributed by atoms with van der Waals surface area (Å²) in [6, 6.07) is 16.6. The van der Waals surface area contributed by atoms with E-state index < -0.39 is 0 Å². The van der Waals surface area contributed by atoms with E-state index in [1.165, 1.54) is 4.57 Å². The normalized spacial score (nSPS) is 11.3. The number of benzene rings is 2. The van der Waals surface area contributed by atoms with Crippen LogP contribution in [0.3, 0.4) is 0 Å². The largest absolute Gasteiger partial charge is 0.508 e. The van der Waals surface area contributed by atoms with Crippen molar-refractivity contribution in [2.24, 2.45) is 0 Å². The summed E-state index contributed by atoms with van der Waals surface area (Å²) in [5.74, 6) is 0.747. The summed E-state index contributed by atoms with van der Waals surface area (Å²) in [5.41, 5.74) is 1.99. The van der Waals surface area contributed by atoms with Crippen LogP contribution in [0.2, 0.25) is 0 Å². The maximum Gasteiger partial charge on any atom is 0.332 e. The van der Waals surface area contributed by atoms with Crippen LogP contribution in [0.5, 0.6) is 5.75 Å². The molecule has 0 unspecified atom stereocenters. The van der Waals surface area contributed by atoms with Crippen molar-refractivity contribution in [1.82, 2.24) is 18.7 Å². The van der Waals surface area contributed by atoms with Gasteiger partial charge in [0.05, 0.1) is 0 Å². The Hall–Kier alpha value is -3.61. The van der Waals surface area contributed by atoms with Crippen LogP contribution >= 0.6 is 0 Å². The van der Waals surface area contributed by atoms with Gasteiger partial charge >= 0.3 is 5.69 Å². The SMILES string of the molecule is CCCn1c(=O)c2c(nc(-c3ccc(O)cc3)n2Cc2ccccc2)n(CCC)c1=O. The van der Waals surface area contributed by atoms with Gasteiger partial charge in [0.1, 0.15) is 11.6 Å². The van der Waals surface area contributed by atoms with Crippen molar-refractivity contribution in [1.29, 1.82) is 0 Å². The molecule has 0 aliphatic rings. The molecule has 0 radical (unpaired) electrons. The molecule has 0 aliphatic heterocycles. The number of aromatic hydroxyl groups is 1. The molecule has 0 fully saturated rings. The van der Waals surface area contributed by atoms with E-state index in [1.807, 2.05) is 48.7 Å². The first-order valence-corrected chi connectivity index (χ1v) is 10.6. The lowest BCUT2D eigenvalue weighted by Gasteiger charge is -2.12. The summed E-state index contributed by atoms with van der Waals surface area (Å²) in [7, 11) is 0. The first-order chi connectivity index (χ1) is 15.0. The van der Waals surface area contributed by atoms with Crippen LogP contribution in [0.25, 0.3) is 22.6 Å². The van der Waals surface area contributed by atoms with Crippen LogP contribution in [-0.2, 0) is 19.6 Å². The topological polar surface area (TPSA) is 82.1 Å². The van der Waals surface area contributed by atoms with Gasteiger partial charge < -0.3 is 9.67 Å². The Labute approximate surface area is 179 Å². The molecule has 4 aromatic rings. The zero-order valence-electron chi connectivity index (χ0n) is 17.8. The second kappa shape index (κ2) is 8.63.